The number of nitrogens with zero attached hydrogens (tertiary/aromatic N) is 1. The largest absolute Gasteiger partial charge is 0.486 e. The summed E-state index contributed by atoms with van der Waals surface area (Å²) in [7, 11) is 0. The molecule has 2 amide bonds. The number of nitrogens with one attached hydrogen (secondary N) is 2. The lowest BCUT2D eigenvalue weighted by Crippen LogP contribution is -2.31. The molecular weight excluding hydrogens is 386 g/mol. The molecule has 0 unspecified atom stereocenters. The van der Waals surface area contributed by atoms with Crippen LogP contribution in [0.1, 0.15) is 60.2 Å². The summed E-state index contributed by atoms with van der Waals surface area (Å²) in [4.78, 5) is 28.3. The van der Waals surface area contributed by atoms with Gasteiger partial charge in [-0.05, 0) is 48.9 Å². The Morgan fingerprint density at radius 3 is 2.38 bits per heavy atom. The van der Waals surface area contributed by atoms with Crippen molar-refractivity contribution < 1.29 is 14.3 Å². The van der Waals surface area contributed by atoms with E-state index in [4.69, 9.17) is 4.74 Å². The van der Waals surface area contributed by atoms with Crippen LogP contribution in [0.25, 0.3) is 0 Å². The van der Waals surface area contributed by atoms with E-state index in [1.807, 2.05) is 46.8 Å². The summed E-state index contributed by atoms with van der Waals surface area (Å²) < 4.78 is 5.79. The number of hydrogen-bond acceptors (Lipinski definition) is 5. The molecule has 0 saturated heterocycles. The normalized spacial score (nSPS) is 11.2. The molecule has 6 nitrogen and oxygen atoms in total. The highest BCUT2D eigenvalue weighted by Crippen LogP contribution is 2.19. The van der Waals surface area contributed by atoms with E-state index in [-0.39, 0.29) is 17.2 Å². The zero-order chi connectivity index (χ0) is 21.4. The predicted molar refractivity (Wildman–Crippen MR) is 116 cm³/mol. The minimum absolute atomic E-state index is 0.0253. The smallest absolute Gasteiger partial charge is 0.270 e. The first-order chi connectivity index (χ1) is 13.6. The van der Waals surface area contributed by atoms with Gasteiger partial charge in [0.05, 0.1) is 0 Å². The van der Waals surface area contributed by atoms with E-state index in [1.165, 1.54) is 11.3 Å². The molecule has 2 rings (SSSR count). The Balaban J connectivity index is 1.70. The summed E-state index contributed by atoms with van der Waals surface area (Å²) in [6.07, 6.45) is 1.17. The van der Waals surface area contributed by atoms with E-state index < -0.39 is 0 Å². The fraction of sp³-hybridized carbons (Fsp3) is 0.500. The van der Waals surface area contributed by atoms with Gasteiger partial charge in [0.2, 0.25) is 5.91 Å². The van der Waals surface area contributed by atoms with Crippen LogP contribution in [0.5, 0.6) is 5.75 Å². The molecule has 1 heterocycles. The molecule has 0 aliphatic carbocycles. The van der Waals surface area contributed by atoms with Crippen LogP contribution < -0.4 is 15.4 Å². The van der Waals surface area contributed by atoms with Gasteiger partial charge in [0.15, 0.2) is 0 Å². The number of rotatable bonds is 9. The number of aromatic nitrogens is 1. The fourth-order valence-corrected chi connectivity index (χ4v) is 3.48. The van der Waals surface area contributed by atoms with Crippen LogP contribution in [-0.2, 0) is 11.4 Å². The van der Waals surface area contributed by atoms with Crippen LogP contribution >= 0.6 is 11.3 Å². The van der Waals surface area contributed by atoms with Crippen molar-refractivity contribution in [2.75, 3.05) is 13.1 Å². The van der Waals surface area contributed by atoms with Gasteiger partial charge >= 0.3 is 0 Å². The van der Waals surface area contributed by atoms with Crippen molar-refractivity contribution >= 4 is 23.2 Å². The Hall–Kier alpha value is -2.41. The number of thiazole rings is 1. The van der Waals surface area contributed by atoms with Crippen LogP contribution in [0.3, 0.4) is 0 Å². The molecule has 7 heteroatoms. The van der Waals surface area contributed by atoms with Gasteiger partial charge in [-0.3, -0.25) is 9.59 Å². The average Bonchev–Trinajstić information content (AvgIpc) is 3.06. The van der Waals surface area contributed by atoms with Crippen LogP contribution in [0.15, 0.2) is 23.6 Å². The molecule has 0 aliphatic rings. The van der Waals surface area contributed by atoms with Gasteiger partial charge in [-0.25, -0.2) is 4.98 Å². The molecule has 0 radical (unpaired) electrons. The number of hydrogen-bond donors (Lipinski definition) is 2. The zero-order valence-corrected chi connectivity index (χ0v) is 18.7. The second kappa shape index (κ2) is 10.4. The molecule has 1 aromatic heterocycles. The van der Waals surface area contributed by atoms with Crippen molar-refractivity contribution in [2.45, 2.75) is 54.1 Å². The monoisotopic (exact) mass is 417 g/mol. The van der Waals surface area contributed by atoms with Gasteiger partial charge in [-0.15, -0.1) is 11.3 Å². The van der Waals surface area contributed by atoms with Crippen molar-refractivity contribution in [3.63, 3.8) is 0 Å². The van der Waals surface area contributed by atoms with Gasteiger partial charge < -0.3 is 15.4 Å². The maximum atomic E-state index is 12.2. The second-order valence-corrected chi connectivity index (χ2v) is 9.38. The molecule has 2 aromatic rings. The molecule has 2 N–H and O–H groups in total. The topological polar surface area (TPSA) is 80.3 Å². The van der Waals surface area contributed by atoms with Crippen molar-refractivity contribution in [1.29, 1.82) is 0 Å². The van der Waals surface area contributed by atoms with Gasteiger partial charge in [-0.1, -0.05) is 26.8 Å². The summed E-state index contributed by atoms with van der Waals surface area (Å²) in [5.41, 5.74) is 2.66. The molecule has 158 valence electrons. The third-order valence-corrected chi connectivity index (χ3v) is 4.82. The molecule has 0 atom stereocenters. The minimum atomic E-state index is -0.208. The maximum absolute atomic E-state index is 12.2. The van der Waals surface area contributed by atoms with Gasteiger partial charge in [0, 0.05) is 24.9 Å². The number of benzene rings is 1. The SMILES string of the molecule is Cc1cc(C)cc(OCc2nc(C(=O)NCCCNC(=O)CC(C)(C)C)cs2)c1. The summed E-state index contributed by atoms with van der Waals surface area (Å²) in [6, 6.07) is 6.05. The molecule has 0 aliphatic heterocycles. The maximum Gasteiger partial charge on any atom is 0.270 e. The number of carbonyl (C=O) groups is 2. The summed E-state index contributed by atoms with van der Waals surface area (Å²) in [6.45, 7) is 11.5. The van der Waals surface area contributed by atoms with Gasteiger partial charge in [0.1, 0.15) is 23.1 Å². The second-order valence-electron chi connectivity index (χ2n) is 8.44. The van der Waals surface area contributed by atoms with E-state index in [9.17, 15) is 9.59 Å². The highest BCUT2D eigenvalue weighted by atomic mass is 32.1. The molecule has 29 heavy (non-hydrogen) atoms. The van der Waals surface area contributed by atoms with Crippen LogP contribution in [0, 0.1) is 19.3 Å². The molecular formula is C22H31N3O3S. The first kappa shape index (κ1) is 22.9. The standard InChI is InChI=1S/C22H31N3O3S/c1-15-9-16(2)11-17(10-15)28-13-20-25-18(14-29-20)21(27)24-8-6-7-23-19(26)12-22(3,4)5/h9-11,14H,6-8,12-13H2,1-5H3,(H,23,26)(H,24,27). The van der Waals surface area contributed by atoms with Crippen molar-refractivity contribution in [3.8, 4) is 5.75 Å². The first-order valence-electron chi connectivity index (χ1n) is 9.83. The van der Waals surface area contributed by atoms with E-state index in [1.54, 1.807) is 5.38 Å². The van der Waals surface area contributed by atoms with Crippen LogP contribution in [0.2, 0.25) is 0 Å². The lowest BCUT2D eigenvalue weighted by Gasteiger charge is -2.17. The van der Waals surface area contributed by atoms with E-state index in [2.05, 4.69) is 21.7 Å². The third kappa shape index (κ3) is 8.64. The highest BCUT2D eigenvalue weighted by Gasteiger charge is 2.15. The summed E-state index contributed by atoms with van der Waals surface area (Å²) in [5, 5.41) is 8.20. The molecule has 1 aromatic carbocycles. The Morgan fingerprint density at radius 2 is 1.72 bits per heavy atom. The fourth-order valence-electron chi connectivity index (χ4n) is 2.80. The van der Waals surface area contributed by atoms with Crippen molar-refractivity contribution in [3.05, 3.63) is 45.4 Å². The third-order valence-electron chi connectivity index (χ3n) is 3.99. The first-order valence-corrected chi connectivity index (χ1v) is 10.7. The molecule has 0 fully saturated rings. The average molecular weight is 418 g/mol. The van der Waals surface area contributed by atoms with Crippen molar-refractivity contribution in [2.24, 2.45) is 5.41 Å². The minimum Gasteiger partial charge on any atom is -0.486 e. The Bertz CT molecular complexity index is 820. The van der Waals surface area contributed by atoms with E-state index >= 15 is 0 Å². The number of carbonyl (C=O) groups excluding carboxylic acids is 2. The van der Waals surface area contributed by atoms with E-state index in [0.717, 1.165) is 21.9 Å². The number of aryl methyl sites for hydroxylation is 2. The summed E-state index contributed by atoms with van der Waals surface area (Å²) in [5.74, 6) is 0.633. The lowest BCUT2D eigenvalue weighted by molar-refractivity contribution is -0.122. The van der Waals surface area contributed by atoms with Crippen molar-refractivity contribution in [1.82, 2.24) is 15.6 Å². The number of amides is 2. The molecule has 0 bridgehead atoms. The number of ether oxygens (including phenoxy) is 1. The lowest BCUT2D eigenvalue weighted by atomic mass is 9.92. The Kier molecular flexibility index (Phi) is 8.20. The quantitative estimate of drug-likeness (QED) is 0.604. The highest BCUT2D eigenvalue weighted by molar-refractivity contribution is 7.09. The van der Waals surface area contributed by atoms with Crippen LogP contribution in [0.4, 0.5) is 0 Å². The Labute approximate surface area is 177 Å². The van der Waals surface area contributed by atoms with Crippen LogP contribution in [-0.4, -0.2) is 29.9 Å². The van der Waals surface area contributed by atoms with E-state index in [0.29, 0.717) is 38.2 Å². The predicted octanol–water partition coefficient (Wildman–Crippen LogP) is 4.01. The zero-order valence-electron chi connectivity index (χ0n) is 17.9. The Morgan fingerprint density at radius 1 is 1.07 bits per heavy atom. The summed E-state index contributed by atoms with van der Waals surface area (Å²) >= 11 is 1.40. The van der Waals surface area contributed by atoms with Gasteiger partial charge in [0.25, 0.3) is 5.91 Å². The molecule has 0 saturated carbocycles. The molecule has 0 spiro atoms. The van der Waals surface area contributed by atoms with Gasteiger partial charge in [-0.2, -0.15) is 0 Å².